The molecule has 0 amide bonds. The van der Waals surface area contributed by atoms with Crippen LogP contribution >= 0.6 is 0 Å². The quantitative estimate of drug-likeness (QED) is 0.602. The van der Waals surface area contributed by atoms with Crippen LogP contribution in [0.4, 0.5) is 0 Å². The molecule has 0 spiro atoms. The summed E-state index contributed by atoms with van der Waals surface area (Å²) in [6.45, 7) is 6.33. The molecule has 1 atom stereocenters. The van der Waals surface area contributed by atoms with Gasteiger partial charge in [-0.1, -0.05) is 13.8 Å². The van der Waals surface area contributed by atoms with E-state index in [1.165, 1.54) is 0 Å². The third kappa shape index (κ3) is 3.86. The van der Waals surface area contributed by atoms with Crippen molar-refractivity contribution in [2.45, 2.75) is 52.1 Å². The van der Waals surface area contributed by atoms with Crippen molar-refractivity contribution in [3.63, 3.8) is 0 Å². The predicted octanol–water partition coefficient (Wildman–Crippen LogP) is 2.09. The Kier molecular flexibility index (Phi) is 5.41. The van der Waals surface area contributed by atoms with E-state index in [-0.39, 0.29) is 6.04 Å². The first-order chi connectivity index (χ1) is 10.2. The lowest BCUT2D eigenvalue weighted by Crippen LogP contribution is -2.31. The largest absolute Gasteiger partial charge is 0.271 e. The third-order valence-corrected chi connectivity index (χ3v) is 3.71. The van der Waals surface area contributed by atoms with Crippen molar-refractivity contribution in [2.24, 2.45) is 5.84 Å². The molecule has 0 bridgehead atoms. The lowest BCUT2D eigenvalue weighted by atomic mass is 10.1. The molecule has 2 aromatic rings. The summed E-state index contributed by atoms with van der Waals surface area (Å²) >= 11 is 0. The van der Waals surface area contributed by atoms with E-state index in [9.17, 15) is 0 Å². The highest BCUT2D eigenvalue weighted by molar-refractivity contribution is 5.09. The van der Waals surface area contributed by atoms with E-state index in [0.29, 0.717) is 18.3 Å². The molecule has 0 radical (unpaired) electrons. The average Bonchev–Trinajstić information content (AvgIpc) is 2.96. The predicted molar refractivity (Wildman–Crippen MR) is 82.4 cm³/mol. The van der Waals surface area contributed by atoms with Gasteiger partial charge in [-0.3, -0.25) is 10.5 Å². The topological polar surface area (TPSA) is 81.7 Å². The summed E-state index contributed by atoms with van der Waals surface area (Å²) in [5.74, 6) is 6.34. The molecule has 0 fully saturated rings. The van der Waals surface area contributed by atoms with Crippen LogP contribution in [-0.4, -0.2) is 19.7 Å². The van der Waals surface area contributed by atoms with Gasteiger partial charge in [-0.05, 0) is 31.4 Å². The number of nitrogens with zero attached hydrogens (tertiary/aromatic N) is 4. The van der Waals surface area contributed by atoms with Gasteiger partial charge in [0.25, 0.3) is 0 Å². The van der Waals surface area contributed by atoms with E-state index in [0.717, 1.165) is 24.1 Å². The molecule has 1 unspecified atom stereocenters. The highest BCUT2D eigenvalue weighted by Crippen LogP contribution is 2.17. The van der Waals surface area contributed by atoms with Crippen LogP contribution in [0.15, 0.2) is 24.7 Å². The average molecular weight is 288 g/mol. The summed E-state index contributed by atoms with van der Waals surface area (Å²) in [7, 11) is 0. The van der Waals surface area contributed by atoms with Crippen molar-refractivity contribution in [3.05, 3.63) is 41.7 Å². The summed E-state index contributed by atoms with van der Waals surface area (Å²) in [5.41, 5.74) is 4.81. The summed E-state index contributed by atoms with van der Waals surface area (Å²) < 4.78 is 2.04. The highest BCUT2D eigenvalue weighted by atomic mass is 15.3. The number of aryl methyl sites for hydroxylation is 1. The van der Waals surface area contributed by atoms with Gasteiger partial charge in [-0.25, -0.2) is 15.4 Å². The Morgan fingerprint density at radius 2 is 1.90 bits per heavy atom. The van der Waals surface area contributed by atoms with Crippen LogP contribution in [0, 0.1) is 6.92 Å². The summed E-state index contributed by atoms with van der Waals surface area (Å²) in [6, 6.07) is 2.37. The van der Waals surface area contributed by atoms with Gasteiger partial charge in [-0.2, -0.15) is 5.10 Å². The Balaban J connectivity index is 2.10. The molecule has 0 aliphatic rings. The molecule has 0 aromatic carbocycles. The van der Waals surface area contributed by atoms with Crippen molar-refractivity contribution in [3.8, 4) is 0 Å². The third-order valence-electron chi connectivity index (χ3n) is 3.71. The molecule has 2 aromatic heterocycles. The Morgan fingerprint density at radius 3 is 2.48 bits per heavy atom. The van der Waals surface area contributed by atoms with Crippen LogP contribution in [0.2, 0.25) is 0 Å². The molecule has 0 saturated carbocycles. The van der Waals surface area contributed by atoms with Gasteiger partial charge in [0.05, 0.1) is 17.8 Å². The number of nitrogens with one attached hydrogen (secondary N) is 1. The first-order valence-electron chi connectivity index (χ1n) is 7.46. The Morgan fingerprint density at radius 1 is 1.24 bits per heavy atom. The van der Waals surface area contributed by atoms with Crippen LogP contribution in [0.5, 0.6) is 0 Å². The van der Waals surface area contributed by atoms with Crippen LogP contribution < -0.4 is 11.3 Å². The van der Waals surface area contributed by atoms with Crippen LogP contribution in [0.25, 0.3) is 0 Å². The first-order valence-corrected chi connectivity index (χ1v) is 7.46. The first kappa shape index (κ1) is 15.6. The minimum atomic E-state index is -0.129. The van der Waals surface area contributed by atoms with Gasteiger partial charge in [0.15, 0.2) is 0 Å². The van der Waals surface area contributed by atoms with E-state index in [1.807, 2.05) is 23.9 Å². The minimum absolute atomic E-state index is 0.129. The van der Waals surface area contributed by atoms with E-state index in [4.69, 9.17) is 5.84 Å². The molecule has 0 saturated heterocycles. The molecule has 6 heteroatoms. The van der Waals surface area contributed by atoms with Gasteiger partial charge >= 0.3 is 0 Å². The molecule has 3 N–H and O–H groups in total. The molecule has 6 nitrogen and oxygen atoms in total. The smallest absolute Gasteiger partial charge is 0.146 e. The maximum absolute atomic E-state index is 5.65. The monoisotopic (exact) mass is 288 g/mol. The van der Waals surface area contributed by atoms with E-state index in [2.05, 4.69) is 34.3 Å². The van der Waals surface area contributed by atoms with Crippen molar-refractivity contribution in [1.29, 1.82) is 0 Å². The van der Waals surface area contributed by atoms with Crippen LogP contribution in [0.3, 0.4) is 0 Å². The zero-order chi connectivity index (χ0) is 15.2. The molecule has 0 aliphatic heterocycles. The lowest BCUT2D eigenvalue weighted by molar-refractivity contribution is 0.421. The van der Waals surface area contributed by atoms with E-state index >= 15 is 0 Å². The fourth-order valence-electron chi connectivity index (χ4n) is 2.37. The Hall–Kier alpha value is -1.79. The van der Waals surface area contributed by atoms with Gasteiger partial charge in [0, 0.05) is 25.0 Å². The SMILES string of the molecule is CCC(CC)n1ccc(CC(NN)c2ncc(C)cn2)n1. The normalized spacial score (nSPS) is 12.8. The zero-order valence-corrected chi connectivity index (χ0v) is 13.0. The highest BCUT2D eigenvalue weighted by Gasteiger charge is 2.16. The fourth-order valence-corrected chi connectivity index (χ4v) is 2.37. The van der Waals surface area contributed by atoms with Gasteiger partial charge in [0.2, 0.25) is 0 Å². The van der Waals surface area contributed by atoms with Gasteiger partial charge in [0.1, 0.15) is 5.82 Å². The number of nitrogens with two attached hydrogens (primary N) is 1. The molecule has 114 valence electrons. The van der Waals surface area contributed by atoms with Gasteiger partial charge < -0.3 is 0 Å². The van der Waals surface area contributed by atoms with Crippen molar-refractivity contribution < 1.29 is 0 Å². The summed E-state index contributed by atoms with van der Waals surface area (Å²) in [6.07, 6.45) is 8.47. The summed E-state index contributed by atoms with van der Waals surface area (Å²) in [5, 5.41) is 4.65. The maximum Gasteiger partial charge on any atom is 0.146 e. The second-order valence-corrected chi connectivity index (χ2v) is 5.30. The molecular formula is C15H24N6. The number of aromatic nitrogens is 4. The fraction of sp³-hybridized carbons (Fsp3) is 0.533. The molecular weight excluding hydrogens is 264 g/mol. The number of hydrazine groups is 1. The number of hydrogen-bond acceptors (Lipinski definition) is 5. The maximum atomic E-state index is 5.65. The van der Waals surface area contributed by atoms with Crippen molar-refractivity contribution >= 4 is 0 Å². The minimum Gasteiger partial charge on any atom is -0.271 e. The van der Waals surface area contributed by atoms with E-state index in [1.54, 1.807) is 12.4 Å². The second kappa shape index (κ2) is 7.28. The Bertz CT molecular complexity index is 544. The molecule has 21 heavy (non-hydrogen) atoms. The molecule has 2 rings (SSSR count). The van der Waals surface area contributed by atoms with E-state index < -0.39 is 0 Å². The Labute approximate surface area is 125 Å². The number of rotatable bonds is 7. The van der Waals surface area contributed by atoms with Crippen molar-refractivity contribution in [2.75, 3.05) is 0 Å². The lowest BCUT2D eigenvalue weighted by Gasteiger charge is -2.14. The molecule has 0 aliphatic carbocycles. The second-order valence-electron chi connectivity index (χ2n) is 5.30. The van der Waals surface area contributed by atoms with Crippen LogP contribution in [0.1, 0.15) is 55.9 Å². The van der Waals surface area contributed by atoms with Crippen molar-refractivity contribution in [1.82, 2.24) is 25.2 Å². The summed E-state index contributed by atoms with van der Waals surface area (Å²) in [4.78, 5) is 8.66. The molecule has 2 heterocycles. The zero-order valence-electron chi connectivity index (χ0n) is 13.0. The number of hydrogen-bond donors (Lipinski definition) is 2. The van der Waals surface area contributed by atoms with Gasteiger partial charge in [-0.15, -0.1) is 0 Å². The standard InChI is InChI=1S/C15H24N6/c1-4-13(5-2)21-7-6-12(20-21)8-14(19-16)15-17-9-11(3)10-18-15/h6-7,9-10,13-14,19H,4-5,8,16H2,1-3H3. The van der Waals surface area contributed by atoms with Crippen LogP contribution in [-0.2, 0) is 6.42 Å².